The second kappa shape index (κ2) is 9.91. The summed E-state index contributed by atoms with van der Waals surface area (Å²) in [5.41, 5.74) is 0. The van der Waals surface area contributed by atoms with E-state index in [2.05, 4.69) is 16.0 Å². The Morgan fingerprint density at radius 1 is 1.12 bits per heavy atom. The molecule has 24 heavy (non-hydrogen) atoms. The van der Waals surface area contributed by atoms with E-state index < -0.39 is 0 Å². The number of unbranched alkanes of at least 4 members (excludes halogenated alkanes) is 3. The van der Waals surface area contributed by atoms with Crippen LogP contribution in [0.5, 0.6) is 0 Å². The van der Waals surface area contributed by atoms with Crippen molar-refractivity contribution in [1.29, 1.82) is 0 Å². The van der Waals surface area contributed by atoms with Gasteiger partial charge in [0, 0.05) is 37.3 Å². The van der Waals surface area contributed by atoms with Crippen LogP contribution in [0.3, 0.4) is 0 Å². The van der Waals surface area contributed by atoms with Gasteiger partial charge in [0.2, 0.25) is 5.91 Å². The average molecular weight is 353 g/mol. The van der Waals surface area contributed by atoms with Crippen molar-refractivity contribution in [2.75, 3.05) is 12.3 Å². The highest BCUT2D eigenvalue weighted by atomic mass is 32.2. The Morgan fingerprint density at radius 3 is 2.71 bits per heavy atom. The first kappa shape index (κ1) is 19.1. The van der Waals surface area contributed by atoms with Gasteiger partial charge in [0.1, 0.15) is 5.78 Å². The van der Waals surface area contributed by atoms with E-state index in [1.54, 1.807) is 0 Å². The van der Waals surface area contributed by atoms with Gasteiger partial charge in [0.15, 0.2) is 0 Å². The van der Waals surface area contributed by atoms with Gasteiger partial charge in [-0.1, -0.05) is 12.8 Å². The highest BCUT2D eigenvalue weighted by molar-refractivity contribution is 8.00. The van der Waals surface area contributed by atoms with Gasteiger partial charge in [-0.3, -0.25) is 9.59 Å². The van der Waals surface area contributed by atoms with Crippen molar-refractivity contribution in [2.24, 2.45) is 0 Å². The zero-order valence-corrected chi connectivity index (χ0v) is 14.8. The smallest absolute Gasteiger partial charge is 0.315 e. The Morgan fingerprint density at radius 2 is 1.92 bits per heavy atom. The first-order chi connectivity index (χ1) is 11.6. The topological polar surface area (TPSA) is 87.3 Å². The first-order valence-electron chi connectivity index (χ1n) is 8.80. The molecule has 0 aliphatic carbocycles. The number of nitrogens with one attached hydrogen (secondary N) is 3. The lowest BCUT2D eigenvalue weighted by atomic mass is 10.0. The van der Waals surface area contributed by atoms with Crippen LogP contribution in [0.1, 0.15) is 51.4 Å². The van der Waals surface area contributed by atoms with E-state index >= 15 is 0 Å². The van der Waals surface area contributed by atoms with E-state index in [1.807, 2.05) is 11.8 Å². The summed E-state index contributed by atoms with van der Waals surface area (Å²) >= 11 is 1.91. The van der Waals surface area contributed by atoms with Crippen LogP contribution in [0, 0.1) is 6.92 Å². The molecule has 0 saturated carbocycles. The number of rotatable bonds is 11. The summed E-state index contributed by atoms with van der Waals surface area (Å²) in [5, 5.41) is 9.30. The quantitative estimate of drug-likeness (QED) is 0.389. The van der Waals surface area contributed by atoms with E-state index in [0.29, 0.717) is 24.6 Å². The number of carbonyl (C=O) groups excluding carboxylic acids is 3. The predicted molar refractivity (Wildman–Crippen MR) is 94.7 cm³/mol. The molecule has 2 rings (SSSR count). The first-order valence-corrected chi connectivity index (χ1v) is 9.85. The maximum atomic E-state index is 11.7. The molecule has 3 unspecified atom stereocenters. The molecule has 2 heterocycles. The van der Waals surface area contributed by atoms with Crippen LogP contribution >= 0.6 is 11.8 Å². The molecule has 6 nitrogen and oxygen atoms in total. The molecule has 3 amide bonds. The number of thioether (sulfide) groups is 1. The number of fused-ring (bicyclic) bond motifs is 1. The number of amides is 3. The molecule has 134 valence electrons. The van der Waals surface area contributed by atoms with Gasteiger partial charge in [0.25, 0.3) is 0 Å². The Labute approximate surface area is 148 Å². The fourth-order valence-electron chi connectivity index (χ4n) is 3.19. The second-order valence-electron chi connectivity index (χ2n) is 6.49. The Kier molecular flexibility index (Phi) is 7.88. The van der Waals surface area contributed by atoms with Crippen molar-refractivity contribution in [3.63, 3.8) is 0 Å². The zero-order chi connectivity index (χ0) is 17.4. The van der Waals surface area contributed by atoms with Crippen LogP contribution in [-0.2, 0) is 9.59 Å². The average Bonchev–Trinajstić information content (AvgIpc) is 3.06. The maximum Gasteiger partial charge on any atom is 0.315 e. The summed E-state index contributed by atoms with van der Waals surface area (Å²) in [4.78, 5) is 33.6. The Hall–Kier alpha value is -1.24. The lowest BCUT2D eigenvalue weighted by molar-refractivity contribution is -0.121. The molecule has 0 aromatic carbocycles. The molecule has 2 aliphatic rings. The molecule has 0 aromatic rings. The van der Waals surface area contributed by atoms with Crippen LogP contribution in [0.2, 0.25) is 0 Å². The number of ketones is 1. The summed E-state index contributed by atoms with van der Waals surface area (Å²) in [5.74, 6) is 0.807. The van der Waals surface area contributed by atoms with Crippen LogP contribution in [0.15, 0.2) is 0 Å². The van der Waals surface area contributed by atoms with Crippen LogP contribution < -0.4 is 16.0 Å². The Balaban J connectivity index is 1.45. The number of Topliss-reactive ketones (excluding diaryl/α,β-unsaturated/α-hetero) is 1. The van der Waals surface area contributed by atoms with Gasteiger partial charge in [-0.05, 0) is 25.7 Å². The minimum atomic E-state index is -0.265. The van der Waals surface area contributed by atoms with E-state index in [0.717, 1.165) is 44.3 Å². The van der Waals surface area contributed by atoms with E-state index in [1.165, 1.54) is 0 Å². The van der Waals surface area contributed by atoms with Crippen LogP contribution in [-0.4, -0.2) is 47.4 Å². The predicted octanol–water partition coefficient (Wildman–Crippen LogP) is 1.67. The molecule has 2 saturated heterocycles. The minimum absolute atomic E-state index is 0.0505. The highest BCUT2D eigenvalue weighted by Gasteiger charge is 2.42. The third-order valence-electron chi connectivity index (χ3n) is 4.50. The van der Waals surface area contributed by atoms with E-state index in [-0.39, 0.29) is 29.8 Å². The van der Waals surface area contributed by atoms with Gasteiger partial charge in [-0.25, -0.2) is 4.79 Å². The van der Waals surface area contributed by atoms with Gasteiger partial charge >= 0.3 is 6.03 Å². The molecule has 2 aliphatic heterocycles. The molecule has 0 aromatic heterocycles. The SMILES string of the molecule is [CH]C(=O)CCCCCNC(=O)CCCCC1SCC2NC(=O)NC21. The summed E-state index contributed by atoms with van der Waals surface area (Å²) in [7, 11) is 0. The van der Waals surface area contributed by atoms with Crippen molar-refractivity contribution >= 4 is 29.5 Å². The molecule has 7 heteroatoms. The van der Waals surface area contributed by atoms with Crippen molar-refractivity contribution in [2.45, 2.75) is 68.7 Å². The van der Waals surface area contributed by atoms with Crippen molar-refractivity contribution in [1.82, 2.24) is 16.0 Å². The normalized spacial score (nSPS) is 25.0. The molecule has 0 spiro atoms. The molecular weight excluding hydrogens is 326 g/mol. The summed E-state index contributed by atoms with van der Waals surface area (Å²) < 4.78 is 0. The number of hydrogen-bond donors (Lipinski definition) is 3. The molecule has 3 N–H and O–H groups in total. The van der Waals surface area contributed by atoms with Crippen molar-refractivity contribution in [3.8, 4) is 0 Å². The molecule has 0 bridgehead atoms. The second-order valence-corrected chi connectivity index (χ2v) is 7.77. The highest BCUT2D eigenvalue weighted by Crippen LogP contribution is 2.33. The zero-order valence-electron chi connectivity index (χ0n) is 14.0. The van der Waals surface area contributed by atoms with Gasteiger partial charge in [0.05, 0.1) is 12.1 Å². The van der Waals surface area contributed by atoms with Gasteiger partial charge in [-0.15, -0.1) is 0 Å². The summed E-state index contributed by atoms with van der Waals surface area (Å²) in [6.45, 7) is 5.73. The monoisotopic (exact) mass is 353 g/mol. The summed E-state index contributed by atoms with van der Waals surface area (Å²) in [6, 6.07) is 0.465. The molecule has 2 fully saturated rings. The lowest BCUT2D eigenvalue weighted by Crippen LogP contribution is -2.36. The standard InChI is InChI=1S/C17H27N3O3S/c1-12(21)7-3-2-6-10-18-15(22)9-5-4-8-14-16-13(11-24-14)19-17(23)20-16/h1,13-14,16H,2-11H2,(H,18,22)(H2,19,20,23). The molecule has 3 atom stereocenters. The maximum absolute atomic E-state index is 11.7. The van der Waals surface area contributed by atoms with Gasteiger partial charge in [-0.2, -0.15) is 11.8 Å². The lowest BCUT2D eigenvalue weighted by Gasteiger charge is -2.16. The van der Waals surface area contributed by atoms with E-state index in [9.17, 15) is 14.4 Å². The van der Waals surface area contributed by atoms with E-state index in [4.69, 9.17) is 6.92 Å². The number of carbonyl (C=O) groups is 3. The summed E-state index contributed by atoms with van der Waals surface area (Å²) in [6.07, 6.45) is 6.47. The Bertz CT molecular complexity index is 458. The molecule has 2 radical (unpaired) electrons. The van der Waals surface area contributed by atoms with Crippen LogP contribution in [0.25, 0.3) is 0 Å². The van der Waals surface area contributed by atoms with Crippen LogP contribution in [0.4, 0.5) is 4.79 Å². The largest absolute Gasteiger partial charge is 0.356 e. The van der Waals surface area contributed by atoms with Crippen molar-refractivity contribution < 1.29 is 14.4 Å². The number of hydrogen-bond acceptors (Lipinski definition) is 4. The van der Waals surface area contributed by atoms with Gasteiger partial charge < -0.3 is 16.0 Å². The van der Waals surface area contributed by atoms with Crippen molar-refractivity contribution in [3.05, 3.63) is 6.92 Å². The number of urea groups is 1. The fraction of sp³-hybridized carbons (Fsp3) is 0.765. The molecular formula is C17H27N3O3S. The minimum Gasteiger partial charge on any atom is -0.356 e. The fourth-order valence-corrected chi connectivity index (χ4v) is 4.73. The third kappa shape index (κ3) is 6.34. The third-order valence-corrected chi connectivity index (χ3v) is 6.01.